The summed E-state index contributed by atoms with van der Waals surface area (Å²) in [5.74, 6) is -2.62. The third-order valence-electron chi connectivity index (χ3n) is 2.86. The van der Waals surface area contributed by atoms with Crippen molar-refractivity contribution in [2.24, 2.45) is 0 Å². The molecule has 3 atom stereocenters. The van der Waals surface area contributed by atoms with Crippen LogP contribution in [-0.4, -0.2) is 51.9 Å². The summed E-state index contributed by atoms with van der Waals surface area (Å²) >= 11 is 4.06. The number of carboxylic acids is 2. The number of nitrogens with one attached hydrogen (secondary N) is 2. The lowest BCUT2D eigenvalue weighted by molar-refractivity contribution is -0.143. The number of carboxylic acid groups (broad SMARTS) is 2. The number of carbonyl (C=O) groups is 3. The highest BCUT2D eigenvalue weighted by molar-refractivity contribution is 7.80. The molecular formula is C12H22N2O5S. The van der Waals surface area contributed by atoms with Crippen molar-refractivity contribution < 1.29 is 24.6 Å². The van der Waals surface area contributed by atoms with Gasteiger partial charge in [-0.2, -0.15) is 12.6 Å². The Morgan fingerprint density at radius 1 is 1.20 bits per heavy atom. The molecule has 0 rings (SSSR count). The molecule has 0 saturated heterocycles. The van der Waals surface area contributed by atoms with Gasteiger partial charge in [-0.1, -0.05) is 6.92 Å². The zero-order valence-electron chi connectivity index (χ0n) is 11.6. The number of hydrogen-bond donors (Lipinski definition) is 5. The minimum atomic E-state index is -1.25. The van der Waals surface area contributed by atoms with Crippen LogP contribution in [0.4, 0.5) is 0 Å². The molecule has 0 aliphatic rings. The largest absolute Gasteiger partial charge is 0.481 e. The fraction of sp³-hybridized carbons (Fsp3) is 0.750. The van der Waals surface area contributed by atoms with Gasteiger partial charge in [0.25, 0.3) is 0 Å². The lowest BCUT2D eigenvalue weighted by atomic mass is 10.1. The smallest absolute Gasteiger partial charge is 0.326 e. The third kappa shape index (κ3) is 7.34. The summed E-state index contributed by atoms with van der Waals surface area (Å²) in [5, 5.41) is 22.9. The molecule has 0 spiro atoms. The Hall–Kier alpha value is -1.28. The summed E-state index contributed by atoms with van der Waals surface area (Å²) in [6.45, 7) is 3.86. The predicted molar refractivity (Wildman–Crippen MR) is 77.0 cm³/mol. The standard InChI is InChI=1S/C12H22N2O5S/c1-3-7(2)13-9(6-20)11(17)14-8(12(18)19)4-5-10(15)16/h7-9,13,20H,3-6H2,1-2H3,(H,14,17)(H,15,16)(H,18,19)/t7?,8-,9+/m0/s1. The van der Waals surface area contributed by atoms with E-state index in [1.54, 1.807) is 0 Å². The number of aliphatic carboxylic acids is 2. The first-order chi connectivity index (χ1) is 9.31. The number of carbonyl (C=O) groups excluding carboxylic acids is 1. The Morgan fingerprint density at radius 2 is 1.80 bits per heavy atom. The van der Waals surface area contributed by atoms with E-state index in [-0.39, 0.29) is 24.6 Å². The quantitative estimate of drug-likeness (QED) is 0.366. The van der Waals surface area contributed by atoms with Crippen LogP contribution in [0.5, 0.6) is 0 Å². The van der Waals surface area contributed by atoms with Crippen molar-refractivity contribution in [3.63, 3.8) is 0 Å². The van der Waals surface area contributed by atoms with Crippen molar-refractivity contribution in [2.75, 3.05) is 5.75 Å². The molecule has 4 N–H and O–H groups in total. The fourth-order valence-electron chi connectivity index (χ4n) is 1.47. The van der Waals surface area contributed by atoms with E-state index in [4.69, 9.17) is 10.2 Å². The normalized spacial score (nSPS) is 15.2. The van der Waals surface area contributed by atoms with Crippen molar-refractivity contribution >= 4 is 30.5 Å². The van der Waals surface area contributed by atoms with Crippen LogP contribution in [0, 0.1) is 0 Å². The molecule has 0 aromatic rings. The Bertz CT molecular complexity index is 351. The van der Waals surface area contributed by atoms with Gasteiger partial charge in [-0.25, -0.2) is 4.79 Å². The highest BCUT2D eigenvalue weighted by Crippen LogP contribution is 2.01. The average Bonchev–Trinajstić information content (AvgIpc) is 2.39. The molecule has 8 heteroatoms. The minimum Gasteiger partial charge on any atom is -0.481 e. The molecule has 116 valence electrons. The van der Waals surface area contributed by atoms with E-state index in [9.17, 15) is 14.4 Å². The van der Waals surface area contributed by atoms with Gasteiger partial charge in [0.15, 0.2) is 0 Å². The van der Waals surface area contributed by atoms with E-state index in [0.717, 1.165) is 6.42 Å². The minimum absolute atomic E-state index is 0.0974. The Kier molecular flexibility index (Phi) is 8.98. The van der Waals surface area contributed by atoms with Crippen LogP contribution in [0.15, 0.2) is 0 Å². The lowest BCUT2D eigenvalue weighted by Gasteiger charge is -2.22. The van der Waals surface area contributed by atoms with E-state index in [1.807, 2.05) is 13.8 Å². The first-order valence-electron chi connectivity index (χ1n) is 6.43. The summed E-state index contributed by atoms with van der Waals surface area (Å²) in [6.07, 6.45) is 0.347. The Balaban J connectivity index is 4.55. The SMILES string of the molecule is CCC(C)N[C@H](CS)C(=O)N[C@@H](CCC(=O)O)C(=O)O. The van der Waals surface area contributed by atoms with E-state index in [1.165, 1.54) is 0 Å². The topological polar surface area (TPSA) is 116 Å². The third-order valence-corrected chi connectivity index (χ3v) is 3.22. The van der Waals surface area contributed by atoms with Crippen LogP contribution in [-0.2, 0) is 14.4 Å². The van der Waals surface area contributed by atoms with Crippen molar-refractivity contribution in [1.29, 1.82) is 0 Å². The fourth-order valence-corrected chi connectivity index (χ4v) is 1.74. The number of rotatable bonds is 10. The van der Waals surface area contributed by atoms with Crippen molar-refractivity contribution in [2.45, 2.75) is 51.2 Å². The molecule has 0 bridgehead atoms. The van der Waals surface area contributed by atoms with Gasteiger partial charge in [-0.05, 0) is 19.8 Å². The molecule has 0 fully saturated rings. The first kappa shape index (κ1) is 18.7. The van der Waals surface area contributed by atoms with Gasteiger partial charge in [0.1, 0.15) is 6.04 Å². The van der Waals surface area contributed by atoms with E-state index in [0.29, 0.717) is 0 Å². The van der Waals surface area contributed by atoms with E-state index >= 15 is 0 Å². The van der Waals surface area contributed by atoms with Crippen LogP contribution in [0.2, 0.25) is 0 Å². The molecule has 20 heavy (non-hydrogen) atoms. The van der Waals surface area contributed by atoms with Crippen molar-refractivity contribution in [1.82, 2.24) is 10.6 Å². The highest BCUT2D eigenvalue weighted by atomic mass is 32.1. The van der Waals surface area contributed by atoms with Crippen LogP contribution in [0.3, 0.4) is 0 Å². The molecule has 0 aromatic heterocycles. The summed E-state index contributed by atoms with van der Waals surface area (Å²) < 4.78 is 0. The molecule has 1 amide bonds. The maximum absolute atomic E-state index is 12.0. The van der Waals surface area contributed by atoms with Gasteiger partial charge in [0, 0.05) is 18.2 Å². The molecule has 0 saturated carbocycles. The molecule has 0 aliphatic heterocycles. The van der Waals surface area contributed by atoms with Crippen LogP contribution in [0.25, 0.3) is 0 Å². The van der Waals surface area contributed by atoms with Gasteiger partial charge in [0.2, 0.25) is 5.91 Å². The van der Waals surface area contributed by atoms with Gasteiger partial charge >= 0.3 is 11.9 Å². The summed E-state index contributed by atoms with van der Waals surface area (Å²) in [6, 6.07) is -1.72. The van der Waals surface area contributed by atoms with E-state index < -0.39 is 29.9 Å². The molecule has 0 heterocycles. The monoisotopic (exact) mass is 306 g/mol. The summed E-state index contributed by atoms with van der Waals surface area (Å²) in [5.41, 5.74) is 0. The second-order valence-corrected chi connectivity index (χ2v) is 4.91. The molecular weight excluding hydrogens is 284 g/mol. The van der Waals surface area contributed by atoms with Crippen molar-refractivity contribution in [3.8, 4) is 0 Å². The zero-order chi connectivity index (χ0) is 15.7. The number of thiol groups is 1. The maximum atomic E-state index is 12.0. The average molecular weight is 306 g/mol. The first-order valence-corrected chi connectivity index (χ1v) is 7.06. The Labute approximate surface area is 123 Å². The maximum Gasteiger partial charge on any atom is 0.326 e. The predicted octanol–water partition coefficient (Wildman–Crippen LogP) is 0.107. The molecule has 0 radical (unpaired) electrons. The second kappa shape index (κ2) is 9.60. The zero-order valence-corrected chi connectivity index (χ0v) is 12.5. The molecule has 1 unspecified atom stereocenters. The van der Waals surface area contributed by atoms with Gasteiger partial charge in [0.05, 0.1) is 6.04 Å². The molecule has 0 aliphatic carbocycles. The molecule has 7 nitrogen and oxygen atoms in total. The number of hydrogen-bond acceptors (Lipinski definition) is 5. The van der Waals surface area contributed by atoms with Crippen LogP contribution in [0.1, 0.15) is 33.1 Å². The summed E-state index contributed by atoms with van der Waals surface area (Å²) in [7, 11) is 0. The van der Waals surface area contributed by atoms with Gasteiger partial charge in [-0.15, -0.1) is 0 Å². The Morgan fingerprint density at radius 3 is 2.20 bits per heavy atom. The van der Waals surface area contributed by atoms with Gasteiger partial charge in [-0.3, -0.25) is 9.59 Å². The van der Waals surface area contributed by atoms with Gasteiger partial charge < -0.3 is 20.8 Å². The second-order valence-electron chi connectivity index (χ2n) is 4.54. The van der Waals surface area contributed by atoms with Crippen molar-refractivity contribution in [3.05, 3.63) is 0 Å². The summed E-state index contributed by atoms with van der Waals surface area (Å²) in [4.78, 5) is 33.4. The highest BCUT2D eigenvalue weighted by Gasteiger charge is 2.25. The van der Waals surface area contributed by atoms with Crippen LogP contribution >= 0.6 is 12.6 Å². The van der Waals surface area contributed by atoms with Crippen LogP contribution < -0.4 is 10.6 Å². The lowest BCUT2D eigenvalue weighted by Crippen LogP contribution is -2.53. The molecule has 0 aromatic carbocycles. The van der Waals surface area contributed by atoms with E-state index in [2.05, 4.69) is 23.3 Å². The number of amides is 1.